The van der Waals surface area contributed by atoms with Gasteiger partial charge in [-0.05, 0) is 0 Å². The number of carbonyl (C=O) groups is 1. The molecule has 0 spiro atoms. The maximum atomic E-state index is 10.8. The van der Waals surface area contributed by atoms with Crippen LogP contribution >= 0.6 is 0 Å². The Morgan fingerprint density at radius 2 is 2.00 bits per heavy atom. The molecule has 0 aliphatic heterocycles. The molecule has 0 aliphatic carbocycles. The number of ether oxygens (including phenoxy) is 1. The van der Waals surface area contributed by atoms with Crippen LogP contribution in [0.5, 0.6) is 11.9 Å². The molecule has 0 aromatic carbocycles. The van der Waals surface area contributed by atoms with Gasteiger partial charge in [0.25, 0.3) is 0 Å². The first kappa shape index (κ1) is 16.6. The fourth-order valence-electron chi connectivity index (χ4n) is 0.601. The molecule has 0 saturated carbocycles. The van der Waals surface area contributed by atoms with Gasteiger partial charge in [0.15, 0.2) is 0 Å². The Balaban J connectivity index is 0. The Morgan fingerprint density at radius 3 is 2.43 bits per heavy atom. The summed E-state index contributed by atoms with van der Waals surface area (Å²) in [5.41, 5.74) is -0.336. The summed E-state index contributed by atoms with van der Waals surface area (Å²) in [6, 6.07) is -0.910. The van der Waals surface area contributed by atoms with Gasteiger partial charge in [0.2, 0.25) is 0 Å². The second kappa shape index (κ2) is 7.44. The van der Waals surface area contributed by atoms with Crippen LogP contribution in [0.2, 0.25) is 0 Å². The first-order valence-electron chi connectivity index (χ1n) is 2.94. The summed E-state index contributed by atoms with van der Waals surface area (Å²) in [5, 5.41) is 21.2. The van der Waals surface area contributed by atoms with Gasteiger partial charge in [-0.3, -0.25) is 9.97 Å². The maximum absolute atomic E-state index is 10.8. The zero-order chi connectivity index (χ0) is 9.14. The topological polar surface area (TPSA) is 98.2 Å². The van der Waals surface area contributed by atoms with Gasteiger partial charge < -0.3 is 14.9 Å². The van der Waals surface area contributed by atoms with Gasteiger partial charge in [0.05, 0.1) is 18.7 Å². The third kappa shape index (κ3) is 4.12. The largest absolute Gasteiger partial charge is 1.00 e. The fourth-order valence-corrected chi connectivity index (χ4v) is 0.601. The molecule has 64 valence electrons. The molecule has 14 heavy (non-hydrogen) atoms. The third-order valence-electron chi connectivity index (χ3n) is 1.14. The van der Waals surface area contributed by atoms with Crippen molar-refractivity contribution in [1.29, 1.82) is 0 Å². The Bertz CT molecular complexity index is 321. The van der Waals surface area contributed by atoms with Gasteiger partial charge in [0.1, 0.15) is 0 Å². The first-order valence-corrected chi connectivity index (χ1v) is 2.94. The minimum Gasteiger partial charge on any atom is -0.858 e. The van der Waals surface area contributed by atoms with Crippen molar-refractivity contribution in [3.63, 3.8) is 0 Å². The molecule has 1 heterocycles. The Hall–Kier alpha value is 0.150. The van der Waals surface area contributed by atoms with Crippen molar-refractivity contribution in [2.45, 2.75) is 0 Å². The van der Waals surface area contributed by atoms with Crippen LogP contribution in [0.1, 0.15) is 10.4 Å². The van der Waals surface area contributed by atoms with Crippen LogP contribution in [0.25, 0.3) is 0 Å². The maximum Gasteiger partial charge on any atom is 1.00 e. The Kier molecular flexibility index (Phi) is 8.81. The van der Waals surface area contributed by atoms with Gasteiger partial charge in [-0.2, -0.15) is 0 Å². The molecule has 0 radical (unpaired) electrons. The fraction of sp³-hybridized carbons (Fsp3) is 0.167. The molecule has 0 amide bonds. The van der Waals surface area contributed by atoms with Crippen LogP contribution in [0.4, 0.5) is 0 Å². The number of esters is 1. The van der Waals surface area contributed by atoms with Crippen LogP contribution in [0.15, 0.2) is 6.20 Å². The molecule has 1 aromatic rings. The molecule has 0 saturated heterocycles. The van der Waals surface area contributed by atoms with E-state index in [-0.39, 0.29) is 64.7 Å². The van der Waals surface area contributed by atoms with Crippen molar-refractivity contribution in [1.82, 2.24) is 9.97 Å². The van der Waals surface area contributed by atoms with Crippen molar-refractivity contribution in [3.8, 4) is 11.9 Å². The van der Waals surface area contributed by atoms with Gasteiger partial charge in [-0.25, -0.2) is 4.79 Å². The molecule has 0 fully saturated rings. The normalized spacial score (nSPS) is 8.07. The summed E-state index contributed by atoms with van der Waals surface area (Å²) in [6.07, 6.45) is 0.851. The standard InChI is InChI=1S/C6H6N2O4.2Na/c1-12-5(10)3-2-7-6(11)8-4(3)9;;/h2H,1H3,(H2,7,8,9,11);;/q;2*+1/p-2. The number of nitrogens with zero attached hydrogens (tertiary/aromatic N) is 2. The Labute approximate surface area is 124 Å². The molecule has 1 aromatic heterocycles. The van der Waals surface area contributed by atoms with E-state index in [1.54, 1.807) is 0 Å². The van der Waals surface area contributed by atoms with Crippen LogP contribution in [-0.2, 0) is 4.74 Å². The van der Waals surface area contributed by atoms with Crippen LogP contribution < -0.4 is 69.3 Å². The van der Waals surface area contributed by atoms with E-state index in [4.69, 9.17) is 0 Å². The summed E-state index contributed by atoms with van der Waals surface area (Å²) >= 11 is 0. The second-order valence-electron chi connectivity index (χ2n) is 1.86. The van der Waals surface area contributed by atoms with E-state index < -0.39 is 17.9 Å². The van der Waals surface area contributed by atoms with Crippen LogP contribution in [-0.4, -0.2) is 23.0 Å². The number of methoxy groups -OCH3 is 1. The van der Waals surface area contributed by atoms with Crippen molar-refractivity contribution < 1.29 is 78.9 Å². The van der Waals surface area contributed by atoms with E-state index in [2.05, 4.69) is 14.7 Å². The van der Waals surface area contributed by atoms with E-state index in [1.807, 2.05) is 0 Å². The molecule has 8 heteroatoms. The Morgan fingerprint density at radius 1 is 1.43 bits per heavy atom. The molecule has 1 rings (SSSR count). The molecular weight excluding hydrogens is 210 g/mol. The SMILES string of the molecule is COC(=O)c1cnc([O-])nc1[O-].[Na+].[Na+]. The summed E-state index contributed by atoms with van der Waals surface area (Å²) < 4.78 is 4.24. The zero-order valence-electron chi connectivity index (χ0n) is 8.10. The molecule has 0 bridgehead atoms. The number of hydrogen-bond acceptors (Lipinski definition) is 6. The smallest absolute Gasteiger partial charge is 0.858 e. The van der Waals surface area contributed by atoms with Gasteiger partial charge in [-0.15, -0.1) is 0 Å². The number of aromatic nitrogens is 2. The number of carbonyl (C=O) groups excluding carboxylic acids is 1. The average molecular weight is 214 g/mol. The van der Waals surface area contributed by atoms with Crippen molar-refractivity contribution >= 4 is 5.97 Å². The second-order valence-corrected chi connectivity index (χ2v) is 1.86. The zero-order valence-corrected chi connectivity index (χ0v) is 12.1. The molecule has 0 N–H and O–H groups in total. The average Bonchev–Trinajstić information content (AvgIpc) is 2.03. The molecule has 0 unspecified atom stereocenters. The molecule has 6 nitrogen and oxygen atoms in total. The number of rotatable bonds is 1. The predicted octanol–water partition coefficient (Wildman–Crippen LogP) is -7.58. The number of hydrogen-bond donors (Lipinski definition) is 0. The summed E-state index contributed by atoms with van der Waals surface area (Å²) in [4.78, 5) is 16.8. The van der Waals surface area contributed by atoms with E-state index in [9.17, 15) is 15.0 Å². The first-order chi connectivity index (χ1) is 5.65. The van der Waals surface area contributed by atoms with Gasteiger partial charge in [0, 0.05) is 12.1 Å². The predicted molar refractivity (Wildman–Crippen MR) is 32.3 cm³/mol. The van der Waals surface area contributed by atoms with Crippen molar-refractivity contribution in [2.24, 2.45) is 0 Å². The van der Waals surface area contributed by atoms with E-state index in [0.29, 0.717) is 0 Å². The van der Waals surface area contributed by atoms with Crippen LogP contribution in [0.3, 0.4) is 0 Å². The van der Waals surface area contributed by atoms with E-state index in [1.165, 1.54) is 0 Å². The molecular formula is C6H4N2Na2O4. The quantitative estimate of drug-likeness (QED) is 0.340. The monoisotopic (exact) mass is 214 g/mol. The third-order valence-corrected chi connectivity index (χ3v) is 1.14. The minimum absolute atomic E-state index is 0. The summed E-state index contributed by atoms with van der Waals surface area (Å²) in [5.74, 6) is -1.76. The van der Waals surface area contributed by atoms with Crippen molar-refractivity contribution in [3.05, 3.63) is 11.8 Å². The summed E-state index contributed by atoms with van der Waals surface area (Å²) in [6.45, 7) is 0. The van der Waals surface area contributed by atoms with Crippen molar-refractivity contribution in [2.75, 3.05) is 7.11 Å². The molecule has 0 atom stereocenters. The molecule has 0 aliphatic rings. The minimum atomic E-state index is -0.915. The summed E-state index contributed by atoms with van der Waals surface area (Å²) in [7, 11) is 1.12. The van der Waals surface area contributed by atoms with E-state index >= 15 is 0 Å². The van der Waals surface area contributed by atoms with E-state index in [0.717, 1.165) is 13.3 Å². The van der Waals surface area contributed by atoms with Gasteiger partial charge in [-0.1, -0.05) is 0 Å². The van der Waals surface area contributed by atoms with Crippen LogP contribution in [0, 0.1) is 0 Å². The van der Waals surface area contributed by atoms with Gasteiger partial charge >= 0.3 is 65.1 Å².